The maximum Gasteiger partial charge on any atom is 0.227 e. The Bertz CT molecular complexity index is 934. The van der Waals surface area contributed by atoms with E-state index in [1.807, 2.05) is 18.2 Å². The maximum atomic E-state index is 12.6. The van der Waals surface area contributed by atoms with Crippen LogP contribution in [0, 0.1) is 5.92 Å². The zero-order chi connectivity index (χ0) is 22.9. The topological polar surface area (TPSA) is 84.9 Å². The van der Waals surface area contributed by atoms with Gasteiger partial charge in [-0.3, -0.25) is 14.4 Å². The molecule has 0 unspecified atom stereocenters. The number of carbonyl (C=O) groups excluding carboxylic acids is 3. The van der Waals surface area contributed by atoms with Gasteiger partial charge >= 0.3 is 0 Å². The van der Waals surface area contributed by atoms with Crippen molar-refractivity contribution in [2.45, 2.75) is 32.1 Å². The number of hydrogen-bond acceptors (Lipinski definition) is 5. The lowest BCUT2D eigenvalue weighted by atomic mass is 9.95. The van der Waals surface area contributed by atoms with Crippen LogP contribution in [0.4, 0.5) is 5.69 Å². The molecule has 1 aliphatic rings. The van der Waals surface area contributed by atoms with Crippen LogP contribution in [0.25, 0.3) is 0 Å². The fourth-order valence-electron chi connectivity index (χ4n) is 3.85. The summed E-state index contributed by atoms with van der Waals surface area (Å²) in [6, 6.07) is 14.3. The number of carbonyl (C=O) groups is 3. The molecule has 3 rings (SSSR count). The van der Waals surface area contributed by atoms with Crippen molar-refractivity contribution in [3.05, 3.63) is 54.1 Å². The molecule has 0 aliphatic carbocycles. The van der Waals surface area contributed by atoms with E-state index in [9.17, 15) is 14.4 Å². The number of Topliss-reactive ketones (excluding diaryl/α,β-unsaturated/α-hetero) is 1. The molecule has 1 N–H and O–H groups in total. The monoisotopic (exact) mass is 438 g/mol. The van der Waals surface area contributed by atoms with Crippen LogP contribution in [-0.2, 0) is 9.59 Å². The van der Waals surface area contributed by atoms with Crippen molar-refractivity contribution in [1.82, 2.24) is 4.90 Å². The standard InChI is InChI=1S/C25H30N2O5/c1-31-20-12-10-18(11-13-20)22(28)7-5-9-24(29)27-16-14-19(15-17-27)25(30)26-21-6-3-4-8-23(21)32-2/h3-4,6,8,10-13,19H,5,7,9,14-17H2,1-2H3,(H,26,30). The minimum atomic E-state index is -0.138. The van der Waals surface area contributed by atoms with Gasteiger partial charge in [-0.05, 0) is 55.7 Å². The summed E-state index contributed by atoms with van der Waals surface area (Å²) in [6.45, 7) is 1.10. The lowest BCUT2D eigenvalue weighted by molar-refractivity contribution is -0.134. The molecule has 2 aromatic carbocycles. The average Bonchev–Trinajstić information content (AvgIpc) is 2.84. The van der Waals surface area contributed by atoms with Gasteiger partial charge in [-0.1, -0.05) is 12.1 Å². The number of likely N-dealkylation sites (tertiary alicyclic amines) is 1. The number of nitrogens with zero attached hydrogens (tertiary/aromatic N) is 1. The summed E-state index contributed by atoms with van der Waals surface area (Å²) in [6.07, 6.45) is 2.42. The number of para-hydroxylation sites is 2. The molecule has 1 aliphatic heterocycles. The fourth-order valence-corrected chi connectivity index (χ4v) is 3.85. The second kappa shape index (κ2) is 11.3. The minimum Gasteiger partial charge on any atom is -0.497 e. The van der Waals surface area contributed by atoms with Gasteiger partial charge in [0.2, 0.25) is 11.8 Å². The van der Waals surface area contributed by atoms with Crippen molar-refractivity contribution in [3.8, 4) is 11.5 Å². The van der Waals surface area contributed by atoms with Crippen LogP contribution in [0.3, 0.4) is 0 Å². The quantitative estimate of drug-likeness (QED) is 0.600. The fraction of sp³-hybridized carbons (Fsp3) is 0.400. The molecule has 170 valence electrons. The van der Waals surface area contributed by atoms with Crippen molar-refractivity contribution in [1.29, 1.82) is 0 Å². The van der Waals surface area contributed by atoms with Crippen LogP contribution in [0.5, 0.6) is 11.5 Å². The first kappa shape index (κ1) is 23.3. The lowest BCUT2D eigenvalue weighted by Gasteiger charge is -2.31. The first-order chi connectivity index (χ1) is 15.5. The van der Waals surface area contributed by atoms with Gasteiger partial charge < -0.3 is 19.7 Å². The predicted molar refractivity (Wildman–Crippen MR) is 122 cm³/mol. The van der Waals surface area contributed by atoms with Crippen molar-refractivity contribution >= 4 is 23.3 Å². The Kier molecular flexibility index (Phi) is 8.25. The maximum absolute atomic E-state index is 12.6. The second-order valence-electron chi connectivity index (χ2n) is 7.85. The second-order valence-corrected chi connectivity index (χ2v) is 7.85. The Balaban J connectivity index is 1.40. The Morgan fingerprint density at radius 3 is 2.28 bits per heavy atom. The van der Waals surface area contributed by atoms with E-state index < -0.39 is 0 Å². The van der Waals surface area contributed by atoms with Crippen molar-refractivity contribution in [3.63, 3.8) is 0 Å². The molecule has 7 nitrogen and oxygen atoms in total. The van der Waals surface area contributed by atoms with Gasteiger partial charge in [0.1, 0.15) is 11.5 Å². The van der Waals surface area contributed by atoms with Crippen LogP contribution in [0.2, 0.25) is 0 Å². The summed E-state index contributed by atoms with van der Waals surface area (Å²) in [5, 5.41) is 2.93. The van der Waals surface area contributed by atoms with Gasteiger partial charge in [0.25, 0.3) is 0 Å². The van der Waals surface area contributed by atoms with E-state index in [4.69, 9.17) is 9.47 Å². The summed E-state index contributed by atoms with van der Waals surface area (Å²) >= 11 is 0. The van der Waals surface area contributed by atoms with Crippen molar-refractivity contribution < 1.29 is 23.9 Å². The molecule has 0 bridgehead atoms. The van der Waals surface area contributed by atoms with Crippen LogP contribution in [-0.4, -0.2) is 49.8 Å². The smallest absolute Gasteiger partial charge is 0.227 e. The summed E-state index contributed by atoms with van der Waals surface area (Å²) in [4.78, 5) is 39.2. The average molecular weight is 439 g/mol. The first-order valence-corrected chi connectivity index (χ1v) is 10.9. The number of benzene rings is 2. The molecule has 0 aromatic heterocycles. The van der Waals surface area contributed by atoms with Crippen LogP contribution < -0.4 is 14.8 Å². The molecule has 7 heteroatoms. The lowest BCUT2D eigenvalue weighted by Crippen LogP contribution is -2.41. The van der Waals surface area contributed by atoms with E-state index >= 15 is 0 Å². The zero-order valence-corrected chi connectivity index (χ0v) is 18.6. The highest BCUT2D eigenvalue weighted by Crippen LogP contribution is 2.26. The molecule has 2 amide bonds. The van der Waals surface area contributed by atoms with Gasteiger partial charge in [0.05, 0.1) is 19.9 Å². The number of rotatable bonds is 9. The molecule has 0 atom stereocenters. The van der Waals surface area contributed by atoms with E-state index in [1.165, 1.54) is 0 Å². The highest BCUT2D eigenvalue weighted by molar-refractivity contribution is 5.96. The molecule has 0 saturated carbocycles. The van der Waals surface area contributed by atoms with E-state index in [2.05, 4.69) is 5.32 Å². The summed E-state index contributed by atoms with van der Waals surface area (Å²) in [5.74, 6) is 1.20. The number of amides is 2. The highest BCUT2D eigenvalue weighted by atomic mass is 16.5. The normalized spacial score (nSPS) is 14.0. The number of ketones is 1. The SMILES string of the molecule is COc1ccc(C(=O)CCCC(=O)N2CCC(C(=O)Nc3ccccc3OC)CC2)cc1. The van der Waals surface area contributed by atoms with Crippen molar-refractivity contribution in [2.75, 3.05) is 32.6 Å². The number of methoxy groups -OCH3 is 2. The van der Waals surface area contributed by atoms with Crippen LogP contribution >= 0.6 is 0 Å². The zero-order valence-electron chi connectivity index (χ0n) is 18.6. The van der Waals surface area contributed by atoms with Gasteiger partial charge in [0, 0.05) is 37.4 Å². The van der Waals surface area contributed by atoms with Gasteiger partial charge in [-0.2, -0.15) is 0 Å². The Labute approximate surface area is 188 Å². The summed E-state index contributed by atoms with van der Waals surface area (Å²) in [5.41, 5.74) is 1.28. The molecular weight excluding hydrogens is 408 g/mol. The van der Waals surface area contributed by atoms with Crippen LogP contribution in [0.15, 0.2) is 48.5 Å². The molecule has 1 saturated heterocycles. The highest BCUT2D eigenvalue weighted by Gasteiger charge is 2.27. The van der Waals surface area contributed by atoms with E-state index in [1.54, 1.807) is 49.5 Å². The summed E-state index contributed by atoms with van der Waals surface area (Å²) < 4.78 is 10.4. The molecule has 32 heavy (non-hydrogen) atoms. The third-order valence-corrected chi connectivity index (χ3v) is 5.79. The largest absolute Gasteiger partial charge is 0.497 e. The summed E-state index contributed by atoms with van der Waals surface area (Å²) in [7, 11) is 3.15. The molecular formula is C25H30N2O5. The molecule has 0 radical (unpaired) electrons. The molecule has 2 aromatic rings. The van der Waals surface area contributed by atoms with E-state index in [0.717, 1.165) is 0 Å². The third kappa shape index (κ3) is 6.09. The number of nitrogens with one attached hydrogen (secondary N) is 1. The Morgan fingerprint density at radius 2 is 1.62 bits per heavy atom. The number of anilines is 1. The Hall–Kier alpha value is -3.35. The predicted octanol–water partition coefficient (Wildman–Crippen LogP) is 3.93. The van der Waals surface area contributed by atoms with Gasteiger partial charge in [-0.25, -0.2) is 0 Å². The molecule has 1 fully saturated rings. The van der Waals surface area contributed by atoms with Crippen molar-refractivity contribution in [2.24, 2.45) is 5.92 Å². The third-order valence-electron chi connectivity index (χ3n) is 5.79. The van der Waals surface area contributed by atoms with Crippen LogP contribution in [0.1, 0.15) is 42.5 Å². The molecule has 0 spiro atoms. The van der Waals surface area contributed by atoms with E-state index in [0.29, 0.717) is 67.9 Å². The number of hydrogen-bond donors (Lipinski definition) is 1. The first-order valence-electron chi connectivity index (χ1n) is 10.9. The number of ether oxygens (including phenoxy) is 2. The van der Waals surface area contributed by atoms with Gasteiger partial charge in [0.15, 0.2) is 5.78 Å². The molecule has 1 heterocycles. The van der Waals surface area contributed by atoms with Gasteiger partial charge in [-0.15, -0.1) is 0 Å². The minimum absolute atomic E-state index is 0.0205. The Morgan fingerprint density at radius 1 is 0.938 bits per heavy atom. The number of piperidine rings is 1. The van der Waals surface area contributed by atoms with E-state index in [-0.39, 0.29) is 23.5 Å².